The number of ether oxygens (including phenoxy) is 1. The minimum atomic E-state index is -2.59. The average Bonchev–Trinajstić information content (AvgIpc) is 2.88. The van der Waals surface area contributed by atoms with E-state index in [4.69, 9.17) is 10.5 Å². The van der Waals surface area contributed by atoms with E-state index in [1.165, 1.54) is 19.2 Å². The van der Waals surface area contributed by atoms with Gasteiger partial charge < -0.3 is 36.0 Å². The van der Waals surface area contributed by atoms with E-state index >= 15 is 0 Å². The van der Waals surface area contributed by atoms with Crippen LogP contribution in [-0.4, -0.2) is 55.7 Å². The molecule has 3 atom stereocenters. The number of allylic oxidation sites excluding steroid dienone is 1. The van der Waals surface area contributed by atoms with E-state index in [1.807, 2.05) is 12.2 Å². The summed E-state index contributed by atoms with van der Waals surface area (Å²) in [6.45, 7) is 0. The molecule has 10 heteroatoms. The van der Waals surface area contributed by atoms with Crippen molar-refractivity contribution >= 4 is 29.3 Å². The maximum atomic E-state index is 13.6. The molecular weight excluding hydrogens is 506 g/mol. The number of amides is 1. The second-order valence-electron chi connectivity index (χ2n) is 10.0. The number of phenolic OH excluding ortho intramolecular Hbond substituents is 2. The minimum Gasteiger partial charge on any atom is -0.508 e. The molecule has 0 aromatic heterocycles. The van der Waals surface area contributed by atoms with Gasteiger partial charge in [0, 0.05) is 17.9 Å². The van der Waals surface area contributed by atoms with Crippen LogP contribution >= 0.6 is 0 Å². The molecule has 1 amide bonds. The molecule has 2 aromatic rings. The monoisotopic (exact) mass is 533 g/mol. The van der Waals surface area contributed by atoms with Crippen LogP contribution in [0.25, 0.3) is 11.8 Å². The van der Waals surface area contributed by atoms with Gasteiger partial charge in [-0.1, -0.05) is 24.3 Å². The quantitative estimate of drug-likeness (QED) is 0.314. The van der Waals surface area contributed by atoms with Gasteiger partial charge in [-0.25, -0.2) is 0 Å². The van der Waals surface area contributed by atoms with Gasteiger partial charge in [0.1, 0.15) is 22.8 Å². The molecule has 202 valence electrons. The molecule has 5 rings (SSSR count). The first-order valence-corrected chi connectivity index (χ1v) is 12.3. The van der Waals surface area contributed by atoms with Crippen molar-refractivity contribution in [2.45, 2.75) is 31.3 Å². The van der Waals surface area contributed by atoms with Gasteiger partial charge in [-0.2, -0.15) is 0 Å². The number of aliphatic hydroxyl groups is 3. The molecule has 0 heterocycles. The molecule has 0 aliphatic heterocycles. The summed E-state index contributed by atoms with van der Waals surface area (Å²) in [6, 6.07) is 8.06. The van der Waals surface area contributed by atoms with Crippen LogP contribution in [0.4, 0.5) is 0 Å². The Morgan fingerprint density at radius 2 is 1.82 bits per heavy atom. The fraction of sp³-hybridized carbons (Fsp3) is 0.276. The van der Waals surface area contributed by atoms with Gasteiger partial charge >= 0.3 is 0 Å². The van der Waals surface area contributed by atoms with Crippen molar-refractivity contribution in [1.82, 2.24) is 0 Å². The van der Waals surface area contributed by atoms with E-state index in [0.29, 0.717) is 23.3 Å². The Morgan fingerprint density at radius 3 is 2.51 bits per heavy atom. The van der Waals surface area contributed by atoms with E-state index in [0.717, 1.165) is 5.56 Å². The molecule has 0 radical (unpaired) electrons. The van der Waals surface area contributed by atoms with Gasteiger partial charge in [-0.05, 0) is 60.1 Å². The maximum Gasteiger partial charge on any atom is 0.255 e. The zero-order chi connectivity index (χ0) is 28.2. The lowest BCUT2D eigenvalue weighted by Crippen LogP contribution is -2.58. The highest BCUT2D eigenvalue weighted by Crippen LogP contribution is 2.52. The first kappa shape index (κ1) is 26.1. The number of hydrogen-bond donors (Lipinski definition) is 6. The number of nitrogens with two attached hydrogens (primary N) is 1. The number of aromatic hydroxyl groups is 2. The van der Waals surface area contributed by atoms with E-state index in [-0.39, 0.29) is 41.9 Å². The number of rotatable bonds is 5. The number of ketones is 2. The van der Waals surface area contributed by atoms with Crippen molar-refractivity contribution in [3.8, 4) is 17.2 Å². The van der Waals surface area contributed by atoms with E-state index in [9.17, 15) is 39.9 Å². The number of methoxy groups -OCH3 is 1. The number of hydrogen-bond acceptors (Lipinski definition) is 9. The van der Waals surface area contributed by atoms with Crippen molar-refractivity contribution in [3.05, 3.63) is 75.6 Å². The standard InChI is InChI=1S/C29H27NO9/c1-39-21-9-13(5-7-18(21)31)3-2-4-14-6-8-19(32)23-17(14)11-15-10-16-12-20(33)24(28(30)37)27(36)29(16,38)26(35)22(15)25(23)34/h2,4-9,15-16,31-32,34,36,38H,3,10-12H2,1H3,(H2,30,37)/b4-2-/t15?,16-,29-/m0/s1. The Hall–Kier alpha value is -4.57. The third-order valence-corrected chi connectivity index (χ3v) is 7.88. The van der Waals surface area contributed by atoms with Gasteiger partial charge in [0.25, 0.3) is 5.91 Å². The zero-order valence-electron chi connectivity index (χ0n) is 21.0. The molecule has 0 spiro atoms. The number of carbonyl (C=O) groups is 3. The number of carbonyl (C=O) groups excluding carboxylic acids is 3. The number of primary amides is 1. The molecule has 10 nitrogen and oxygen atoms in total. The van der Waals surface area contributed by atoms with Crippen molar-refractivity contribution < 1.29 is 44.7 Å². The Labute approximate surface area is 223 Å². The Balaban J connectivity index is 1.54. The molecular formula is C29H27NO9. The van der Waals surface area contributed by atoms with Gasteiger partial charge in [0.2, 0.25) is 5.78 Å². The summed E-state index contributed by atoms with van der Waals surface area (Å²) in [7, 11) is 1.46. The minimum absolute atomic E-state index is 0.0270. The second-order valence-corrected chi connectivity index (χ2v) is 10.0. The van der Waals surface area contributed by atoms with Crippen molar-refractivity contribution in [2.75, 3.05) is 7.11 Å². The van der Waals surface area contributed by atoms with Crippen LogP contribution in [-0.2, 0) is 27.2 Å². The molecule has 7 N–H and O–H groups in total. The van der Waals surface area contributed by atoms with Crippen LogP contribution in [0.15, 0.2) is 53.3 Å². The second kappa shape index (κ2) is 9.32. The summed E-state index contributed by atoms with van der Waals surface area (Å²) in [5.74, 6) is -6.21. The molecule has 3 aliphatic carbocycles. The maximum absolute atomic E-state index is 13.6. The molecule has 3 aliphatic rings. The predicted molar refractivity (Wildman–Crippen MR) is 139 cm³/mol. The molecule has 39 heavy (non-hydrogen) atoms. The molecule has 0 bridgehead atoms. The van der Waals surface area contributed by atoms with Gasteiger partial charge in [-0.15, -0.1) is 0 Å². The summed E-state index contributed by atoms with van der Waals surface area (Å²) >= 11 is 0. The number of aliphatic hydroxyl groups excluding tert-OH is 2. The topological polar surface area (TPSA) is 188 Å². The summed E-state index contributed by atoms with van der Waals surface area (Å²) in [5.41, 5.74) is 3.80. The summed E-state index contributed by atoms with van der Waals surface area (Å²) in [6.07, 6.45) is 4.09. The number of benzene rings is 2. The fourth-order valence-electron chi connectivity index (χ4n) is 5.97. The molecule has 2 aromatic carbocycles. The number of fused-ring (bicyclic) bond motifs is 3. The lowest BCUT2D eigenvalue weighted by molar-refractivity contribution is -0.147. The average molecular weight is 534 g/mol. The van der Waals surface area contributed by atoms with Crippen LogP contribution < -0.4 is 10.5 Å². The van der Waals surface area contributed by atoms with Crippen molar-refractivity contribution in [3.63, 3.8) is 0 Å². The SMILES string of the molecule is COc1cc(C/C=C\c2ccc(O)c3c2CC2C[C@H]4CC(=O)C(C(N)=O)=C(O)[C@@]4(O)C(=O)C2=C3O)ccc1O. The lowest BCUT2D eigenvalue weighted by atomic mass is 9.59. The Bertz CT molecular complexity index is 1530. The summed E-state index contributed by atoms with van der Waals surface area (Å²) in [5, 5.41) is 53.6. The van der Waals surface area contributed by atoms with Crippen LogP contribution in [0.1, 0.15) is 35.1 Å². The third kappa shape index (κ3) is 3.95. The van der Waals surface area contributed by atoms with Crippen LogP contribution in [0, 0.1) is 11.8 Å². The Kier molecular flexibility index (Phi) is 6.22. The molecule has 0 saturated heterocycles. The smallest absolute Gasteiger partial charge is 0.255 e. The molecule has 1 fully saturated rings. The van der Waals surface area contributed by atoms with Crippen molar-refractivity contribution in [1.29, 1.82) is 0 Å². The van der Waals surface area contributed by atoms with Gasteiger partial charge in [0.05, 0.1) is 12.7 Å². The zero-order valence-corrected chi connectivity index (χ0v) is 21.0. The van der Waals surface area contributed by atoms with Crippen LogP contribution in [0.3, 0.4) is 0 Å². The first-order chi connectivity index (χ1) is 18.5. The lowest BCUT2D eigenvalue weighted by Gasteiger charge is -2.46. The number of Topliss-reactive ketones (excluding diaryl/α,β-unsaturated/α-hetero) is 2. The highest BCUT2D eigenvalue weighted by atomic mass is 16.5. The van der Waals surface area contributed by atoms with Gasteiger partial charge in [0.15, 0.2) is 22.9 Å². The van der Waals surface area contributed by atoms with Crippen molar-refractivity contribution in [2.24, 2.45) is 17.6 Å². The highest BCUT2D eigenvalue weighted by molar-refractivity contribution is 6.22. The molecule has 1 unspecified atom stereocenters. The van der Waals surface area contributed by atoms with E-state index < -0.39 is 52.0 Å². The van der Waals surface area contributed by atoms with Crippen LogP contribution in [0.5, 0.6) is 17.2 Å². The molecule has 1 saturated carbocycles. The predicted octanol–water partition coefficient (Wildman–Crippen LogP) is 2.39. The fourth-order valence-corrected chi connectivity index (χ4v) is 5.97. The third-order valence-electron chi connectivity index (χ3n) is 7.88. The largest absolute Gasteiger partial charge is 0.508 e. The van der Waals surface area contributed by atoms with Crippen LogP contribution in [0.2, 0.25) is 0 Å². The first-order valence-electron chi connectivity index (χ1n) is 12.3. The summed E-state index contributed by atoms with van der Waals surface area (Å²) in [4.78, 5) is 37.8. The van der Waals surface area contributed by atoms with E-state index in [2.05, 4.69) is 0 Å². The highest BCUT2D eigenvalue weighted by Gasteiger charge is 2.60. The van der Waals surface area contributed by atoms with Gasteiger partial charge in [-0.3, -0.25) is 14.4 Å². The normalized spacial score (nSPS) is 24.5. The Morgan fingerprint density at radius 1 is 1.10 bits per heavy atom. The van der Waals surface area contributed by atoms with E-state index in [1.54, 1.807) is 18.2 Å². The summed E-state index contributed by atoms with van der Waals surface area (Å²) < 4.78 is 5.14. The number of phenols is 2.